The van der Waals surface area contributed by atoms with E-state index in [1.807, 2.05) is 6.92 Å². The lowest BCUT2D eigenvalue weighted by atomic mass is 9.90. The number of rotatable bonds is 1. The first kappa shape index (κ1) is 9.59. The summed E-state index contributed by atoms with van der Waals surface area (Å²) in [4.78, 5) is 0. The van der Waals surface area contributed by atoms with Crippen LogP contribution in [0.2, 0.25) is 0 Å². The van der Waals surface area contributed by atoms with Crippen molar-refractivity contribution >= 4 is 0 Å². The Morgan fingerprint density at radius 2 is 1.86 bits per heavy atom. The molecule has 0 aromatic heterocycles. The van der Waals surface area contributed by atoms with Crippen LogP contribution in [0, 0.1) is 11.6 Å². The van der Waals surface area contributed by atoms with Gasteiger partial charge in [-0.05, 0) is 44.0 Å². The fourth-order valence-electron chi connectivity index (χ4n) is 2.01. The van der Waals surface area contributed by atoms with E-state index in [1.165, 1.54) is 12.1 Å². The largest absolute Gasteiger partial charge is 0.308 e. The van der Waals surface area contributed by atoms with Gasteiger partial charge in [0.25, 0.3) is 0 Å². The molecule has 1 unspecified atom stereocenters. The predicted octanol–water partition coefficient (Wildman–Crippen LogP) is 2.56. The molecule has 1 N–H and O–H groups in total. The van der Waals surface area contributed by atoms with Crippen molar-refractivity contribution in [2.45, 2.75) is 25.3 Å². The van der Waals surface area contributed by atoms with E-state index in [0.717, 1.165) is 25.5 Å². The van der Waals surface area contributed by atoms with Gasteiger partial charge in [0.05, 0.1) is 0 Å². The summed E-state index contributed by atoms with van der Waals surface area (Å²) < 4.78 is 26.0. The minimum absolute atomic E-state index is 0.261. The Bertz CT molecular complexity index is 323. The predicted molar refractivity (Wildman–Crippen MR) is 50.9 cm³/mol. The maximum Gasteiger partial charge on any atom is 0.126 e. The minimum atomic E-state index is -0.505. The Kier molecular flexibility index (Phi) is 2.27. The van der Waals surface area contributed by atoms with Crippen molar-refractivity contribution < 1.29 is 8.78 Å². The van der Waals surface area contributed by atoms with Gasteiger partial charge in [-0.15, -0.1) is 0 Å². The van der Waals surface area contributed by atoms with Gasteiger partial charge >= 0.3 is 0 Å². The van der Waals surface area contributed by atoms with Crippen LogP contribution in [0.3, 0.4) is 0 Å². The van der Waals surface area contributed by atoms with Crippen LogP contribution in [-0.4, -0.2) is 6.54 Å². The zero-order valence-corrected chi connectivity index (χ0v) is 8.11. The van der Waals surface area contributed by atoms with Crippen LogP contribution in [0.15, 0.2) is 18.2 Å². The summed E-state index contributed by atoms with van der Waals surface area (Å²) in [6.07, 6.45) is 1.98. The molecule has 2 rings (SSSR count). The normalized spacial score (nSPS) is 26.8. The number of halogens is 2. The molecule has 3 heteroatoms. The second-order valence-corrected chi connectivity index (χ2v) is 4.02. The van der Waals surface area contributed by atoms with E-state index in [0.29, 0.717) is 5.56 Å². The van der Waals surface area contributed by atoms with Crippen molar-refractivity contribution in [3.8, 4) is 0 Å². The lowest BCUT2D eigenvalue weighted by Crippen LogP contribution is -2.33. The Morgan fingerprint density at radius 3 is 2.36 bits per heavy atom. The zero-order chi connectivity index (χ0) is 10.2. The van der Waals surface area contributed by atoms with Gasteiger partial charge in [0.15, 0.2) is 0 Å². The molecule has 0 radical (unpaired) electrons. The summed E-state index contributed by atoms with van der Waals surface area (Å²) >= 11 is 0. The SMILES string of the molecule is CC1(c2cc(F)cc(F)c2)CCCN1. The molecule has 76 valence electrons. The third kappa shape index (κ3) is 1.64. The van der Waals surface area contributed by atoms with Crippen LogP contribution in [0.1, 0.15) is 25.3 Å². The van der Waals surface area contributed by atoms with E-state index in [1.54, 1.807) is 0 Å². The Balaban J connectivity index is 2.40. The number of hydrogen-bond acceptors (Lipinski definition) is 1. The summed E-state index contributed by atoms with van der Waals surface area (Å²) in [6, 6.07) is 3.71. The Hall–Kier alpha value is -0.960. The first-order valence-electron chi connectivity index (χ1n) is 4.82. The van der Waals surface area contributed by atoms with E-state index in [4.69, 9.17) is 0 Å². The topological polar surface area (TPSA) is 12.0 Å². The van der Waals surface area contributed by atoms with Crippen LogP contribution in [-0.2, 0) is 5.54 Å². The second-order valence-electron chi connectivity index (χ2n) is 4.02. The Morgan fingerprint density at radius 1 is 1.21 bits per heavy atom. The van der Waals surface area contributed by atoms with E-state index < -0.39 is 11.6 Å². The van der Waals surface area contributed by atoms with Crippen LogP contribution in [0.4, 0.5) is 8.78 Å². The smallest absolute Gasteiger partial charge is 0.126 e. The van der Waals surface area contributed by atoms with Crippen molar-refractivity contribution in [1.29, 1.82) is 0 Å². The van der Waals surface area contributed by atoms with Gasteiger partial charge in [0.1, 0.15) is 11.6 Å². The standard InChI is InChI=1S/C11H13F2N/c1-11(3-2-4-14-11)8-5-9(12)7-10(13)6-8/h5-7,14H,2-4H2,1H3. The van der Waals surface area contributed by atoms with Crippen LogP contribution in [0.5, 0.6) is 0 Å². The average molecular weight is 197 g/mol. The van der Waals surface area contributed by atoms with Gasteiger partial charge < -0.3 is 5.32 Å². The highest BCUT2D eigenvalue weighted by Gasteiger charge is 2.30. The molecule has 1 atom stereocenters. The molecule has 14 heavy (non-hydrogen) atoms. The minimum Gasteiger partial charge on any atom is -0.308 e. The number of benzene rings is 1. The highest BCUT2D eigenvalue weighted by molar-refractivity contribution is 5.26. The molecule has 0 spiro atoms. The summed E-state index contributed by atoms with van der Waals surface area (Å²) in [6.45, 7) is 2.89. The molecule has 0 saturated carbocycles. The summed E-state index contributed by atoms with van der Waals surface area (Å²) in [5.41, 5.74) is 0.440. The lowest BCUT2D eigenvalue weighted by Gasteiger charge is -2.25. The fourth-order valence-corrected chi connectivity index (χ4v) is 2.01. The van der Waals surface area contributed by atoms with Crippen LogP contribution < -0.4 is 5.32 Å². The van der Waals surface area contributed by atoms with Crippen molar-refractivity contribution in [1.82, 2.24) is 5.32 Å². The zero-order valence-electron chi connectivity index (χ0n) is 8.11. The monoisotopic (exact) mass is 197 g/mol. The molecule has 1 aromatic rings. The molecule has 1 fully saturated rings. The number of nitrogens with one attached hydrogen (secondary N) is 1. The molecule has 0 bridgehead atoms. The van der Waals surface area contributed by atoms with E-state index >= 15 is 0 Å². The van der Waals surface area contributed by atoms with Gasteiger partial charge in [-0.25, -0.2) is 8.78 Å². The first-order chi connectivity index (χ1) is 6.60. The lowest BCUT2D eigenvalue weighted by molar-refractivity contribution is 0.427. The molecule has 1 aliphatic rings. The highest BCUT2D eigenvalue weighted by Crippen LogP contribution is 2.30. The summed E-state index contributed by atoms with van der Waals surface area (Å²) in [7, 11) is 0. The molecule has 1 heterocycles. The molecule has 0 amide bonds. The molecule has 1 nitrogen and oxygen atoms in total. The quantitative estimate of drug-likeness (QED) is 0.729. The maximum absolute atomic E-state index is 13.0. The summed E-state index contributed by atoms with van der Waals surface area (Å²) in [5, 5.41) is 3.27. The van der Waals surface area contributed by atoms with Crippen LogP contribution >= 0.6 is 0 Å². The molecular weight excluding hydrogens is 184 g/mol. The molecule has 1 aliphatic heterocycles. The first-order valence-corrected chi connectivity index (χ1v) is 4.82. The van der Waals surface area contributed by atoms with E-state index in [2.05, 4.69) is 5.32 Å². The molecular formula is C11H13F2N. The third-order valence-corrected chi connectivity index (χ3v) is 2.87. The van der Waals surface area contributed by atoms with Crippen molar-refractivity contribution in [3.05, 3.63) is 35.4 Å². The van der Waals surface area contributed by atoms with Crippen molar-refractivity contribution in [2.75, 3.05) is 6.54 Å². The van der Waals surface area contributed by atoms with Gasteiger partial charge in [-0.3, -0.25) is 0 Å². The van der Waals surface area contributed by atoms with Gasteiger partial charge in [-0.1, -0.05) is 0 Å². The van der Waals surface area contributed by atoms with Crippen LogP contribution in [0.25, 0.3) is 0 Å². The maximum atomic E-state index is 13.0. The van der Waals surface area contributed by atoms with Gasteiger partial charge in [0, 0.05) is 11.6 Å². The summed E-state index contributed by atoms with van der Waals surface area (Å²) in [5.74, 6) is -1.01. The van der Waals surface area contributed by atoms with Gasteiger partial charge in [-0.2, -0.15) is 0 Å². The Labute approximate surface area is 82.1 Å². The average Bonchev–Trinajstić information content (AvgIpc) is 2.52. The van der Waals surface area contributed by atoms with E-state index in [-0.39, 0.29) is 5.54 Å². The van der Waals surface area contributed by atoms with Gasteiger partial charge in [0.2, 0.25) is 0 Å². The van der Waals surface area contributed by atoms with E-state index in [9.17, 15) is 8.78 Å². The fraction of sp³-hybridized carbons (Fsp3) is 0.455. The molecule has 1 saturated heterocycles. The second kappa shape index (κ2) is 3.31. The van der Waals surface area contributed by atoms with Crippen molar-refractivity contribution in [3.63, 3.8) is 0 Å². The number of hydrogen-bond donors (Lipinski definition) is 1. The molecule has 0 aliphatic carbocycles. The highest BCUT2D eigenvalue weighted by atomic mass is 19.1. The third-order valence-electron chi connectivity index (χ3n) is 2.87. The van der Waals surface area contributed by atoms with Crippen molar-refractivity contribution in [2.24, 2.45) is 0 Å². The molecule has 1 aromatic carbocycles.